The minimum atomic E-state index is -4.50. The average molecular weight is 486 g/mol. The number of nitrogens with zero attached hydrogens (tertiary/aromatic N) is 2. The van der Waals surface area contributed by atoms with E-state index in [1.54, 1.807) is 0 Å². The fourth-order valence-electron chi connectivity index (χ4n) is 3.93. The van der Waals surface area contributed by atoms with Gasteiger partial charge in [0.05, 0.1) is 10.6 Å². The van der Waals surface area contributed by atoms with E-state index in [9.17, 15) is 13.2 Å². The maximum Gasteiger partial charge on any atom is 0.417 e. The summed E-state index contributed by atoms with van der Waals surface area (Å²) in [4.78, 5) is 4.35. The van der Waals surface area contributed by atoms with E-state index in [0.29, 0.717) is 28.8 Å². The Morgan fingerprint density at radius 1 is 1.16 bits per heavy atom. The van der Waals surface area contributed by atoms with Crippen molar-refractivity contribution in [1.82, 2.24) is 9.80 Å². The van der Waals surface area contributed by atoms with Crippen molar-refractivity contribution in [3.05, 3.63) is 52.5 Å². The maximum atomic E-state index is 13.0. The predicted molar refractivity (Wildman–Crippen MR) is 121 cm³/mol. The molecule has 1 saturated heterocycles. The van der Waals surface area contributed by atoms with E-state index < -0.39 is 11.7 Å². The summed E-state index contributed by atoms with van der Waals surface area (Å²) in [5.41, 5.74) is 0.544. The molecule has 10 heteroatoms. The number of alkyl halides is 3. The first-order chi connectivity index (χ1) is 15.2. The van der Waals surface area contributed by atoms with Crippen molar-refractivity contribution < 1.29 is 22.6 Å². The lowest BCUT2D eigenvalue weighted by Gasteiger charge is -2.39. The van der Waals surface area contributed by atoms with Crippen LogP contribution in [0.1, 0.15) is 24.0 Å². The topological polar surface area (TPSA) is 37.0 Å². The molecule has 0 saturated carbocycles. The Morgan fingerprint density at radius 2 is 1.88 bits per heavy atom. The normalized spacial score (nSPS) is 16.8. The van der Waals surface area contributed by atoms with Crippen molar-refractivity contribution >= 4 is 34.6 Å². The van der Waals surface area contributed by atoms with Crippen molar-refractivity contribution in [2.24, 2.45) is 0 Å². The largest absolute Gasteiger partial charge is 0.454 e. The number of fused-ring (bicyclic) bond motifs is 1. The zero-order valence-corrected chi connectivity index (χ0v) is 19.0. The molecular weight excluding hydrogens is 463 g/mol. The summed E-state index contributed by atoms with van der Waals surface area (Å²) in [6.07, 6.45) is -2.65. The van der Waals surface area contributed by atoms with Crippen LogP contribution >= 0.6 is 23.8 Å². The van der Waals surface area contributed by atoms with Gasteiger partial charge in [-0.15, -0.1) is 0 Å². The summed E-state index contributed by atoms with van der Waals surface area (Å²) in [7, 11) is 2.08. The minimum Gasteiger partial charge on any atom is -0.454 e. The minimum absolute atomic E-state index is 0.196. The van der Waals surface area contributed by atoms with Crippen molar-refractivity contribution in [3.63, 3.8) is 0 Å². The molecule has 2 heterocycles. The van der Waals surface area contributed by atoms with Gasteiger partial charge in [0.25, 0.3) is 0 Å². The van der Waals surface area contributed by atoms with Crippen LogP contribution in [0.3, 0.4) is 0 Å². The Kier molecular flexibility index (Phi) is 6.69. The Balaban J connectivity index is 1.54. The van der Waals surface area contributed by atoms with Crippen molar-refractivity contribution in [3.8, 4) is 11.5 Å². The van der Waals surface area contributed by atoms with Gasteiger partial charge in [-0.1, -0.05) is 17.7 Å². The number of halogens is 4. The molecule has 5 nitrogen and oxygen atoms in total. The standard InChI is InChI=1S/C22H23ClF3N3O2S/c1-28-8-6-16(7-9-28)29(12-14-2-5-19-20(10-14)31-13-30-19)21(32)27-15-3-4-17(18(23)11-15)22(24,25)26/h2-5,10-11,16H,6-9,12-13H2,1H3,(H,27,32). The van der Waals surface area contributed by atoms with E-state index in [0.717, 1.165) is 37.6 Å². The van der Waals surface area contributed by atoms with E-state index in [2.05, 4.69) is 22.2 Å². The number of likely N-dealkylation sites (tertiary alicyclic amines) is 1. The summed E-state index contributed by atoms with van der Waals surface area (Å²) in [6, 6.07) is 9.52. The lowest BCUT2D eigenvalue weighted by Crippen LogP contribution is -2.47. The molecule has 2 aliphatic heterocycles. The van der Waals surface area contributed by atoms with Gasteiger partial charge < -0.3 is 24.6 Å². The molecule has 0 aliphatic carbocycles. The molecule has 4 rings (SSSR count). The molecule has 0 spiro atoms. The first-order valence-electron chi connectivity index (χ1n) is 10.2. The third kappa shape index (κ3) is 5.22. The van der Waals surface area contributed by atoms with Gasteiger partial charge in [0.1, 0.15) is 0 Å². The first-order valence-corrected chi connectivity index (χ1v) is 11.0. The van der Waals surface area contributed by atoms with Crippen molar-refractivity contribution in [2.45, 2.75) is 31.6 Å². The molecule has 2 aliphatic rings. The van der Waals surface area contributed by atoms with Crippen LogP contribution in [0.4, 0.5) is 18.9 Å². The van der Waals surface area contributed by atoms with E-state index in [-0.39, 0.29) is 17.9 Å². The molecule has 0 unspecified atom stereocenters. The van der Waals surface area contributed by atoms with E-state index in [4.69, 9.17) is 33.3 Å². The Labute approximate surface area is 195 Å². The third-order valence-corrected chi connectivity index (χ3v) is 6.35. The number of hydrogen-bond acceptors (Lipinski definition) is 4. The monoisotopic (exact) mass is 485 g/mol. The second-order valence-electron chi connectivity index (χ2n) is 7.97. The van der Waals surface area contributed by atoms with Gasteiger partial charge in [0.15, 0.2) is 16.6 Å². The van der Waals surface area contributed by atoms with Crippen LogP contribution in [-0.4, -0.2) is 47.9 Å². The summed E-state index contributed by atoms with van der Waals surface area (Å²) in [5.74, 6) is 1.40. The fraction of sp³-hybridized carbons (Fsp3) is 0.409. The molecule has 0 atom stereocenters. The van der Waals surface area contributed by atoms with Crippen LogP contribution in [0.15, 0.2) is 36.4 Å². The molecule has 172 valence electrons. The van der Waals surface area contributed by atoms with E-state index in [1.807, 2.05) is 18.2 Å². The number of ether oxygens (including phenoxy) is 2. The fourth-order valence-corrected chi connectivity index (χ4v) is 4.55. The number of rotatable bonds is 4. The first kappa shape index (κ1) is 22.9. The highest BCUT2D eigenvalue weighted by Crippen LogP contribution is 2.36. The smallest absolute Gasteiger partial charge is 0.417 e. The molecule has 1 fully saturated rings. The zero-order chi connectivity index (χ0) is 22.9. The molecule has 0 bridgehead atoms. The lowest BCUT2D eigenvalue weighted by atomic mass is 10.0. The number of benzene rings is 2. The maximum absolute atomic E-state index is 13.0. The van der Waals surface area contributed by atoms with Crippen LogP contribution in [0.25, 0.3) is 0 Å². The van der Waals surface area contributed by atoms with Gasteiger partial charge in [-0.3, -0.25) is 0 Å². The number of anilines is 1. The number of nitrogens with one attached hydrogen (secondary N) is 1. The van der Waals surface area contributed by atoms with Gasteiger partial charge in [-0.05, 0) is 81.1 Å². The number of hydrogen-bond donors (Lipinski definition) is 1. The van der Waals surface area contributed by atoms with Crippen LogP contribution in [0, 0.1) is 0 Å². The Hall–Kier alpha value is -2.23. The summed E-state index contributed by atoms with van der Waals surface area (Å²) >= 11 is 11.6. The molecule has 0 amide bonds. The second kappa shape index (κ2) is 9.33. The SMILES string of the molecule is CN1CCC(N(Cc2ccc3c(c2)OCO3)C(=S)Nc2ccc(C(F)(F)F)c(Cl)c2)CC1. The molecule has 1 N–H and O–H groups in total. The summed E-state index contributed by atoms with van der Waals surface area (Å²) < 4.78 is 49.9. The predicted octanol–water partition coefficient (Wildman–Crippen LogP) is 5.38. The number of thiocarbonyl (C=S) groups is 1. The van der Waals surface area contributed by atoms with Crippen molar-refractivity contribution in [2.75, 3.05) is 32.2 Å². The van der Waals surface area contributed by atoms with Gasteiger partial charge in [0, 0.05) is 18.3 Å². The highest BCUT2D eigenvalue weighted by Gasteiger charge is 2.33. The Morgan fingerprint density at radius 3 is 2.56 bits per heavy atom. The highest BCUT2D eigenvalue weighted by atomic mass is 35.5. The molecule has 0 aromatic heterocycles. The molecule has 0 radical (unpaired) electrons. The van der Waals surface area contributed by atoms with Gasteiger partial charge in [0.2, 0.25) is 6.79 Å². The van der Waals surface area contributed by atoms with E-state index >= 15 is 0 Å². The van der Waals surface area contributed by atoms with Crippen LogP contribution in [-0.2, 0) is 12.7 Å². The Bertz CT molecular complexity index is 997. The molecule has 32 heavy (non-hydrogen) atoms. The van der Waals surface area contributed by atoms with Crippen LogP contribution in [0.2, 0.25) is 5.02 Å². The lowest BCUT2D eigenvalue weighted by molar-refractivity contribution is -0.137. The van der Waals surface area contributed by atoms with Crippen molar-refractivity contribution in [1.29, 1.82) is 0 Å². The number of piperidine rings is 1. The van der Waals surface area contributed by atoms with Gasteiger partial charge in [-0.25, -0.2) is 0 Å². The molecular formula is C22H23ClF3N3O2S. The van der Waals surface area contributed by atoms with Crippen LogP contribution in [0.5, 0.6) is 11.5 Å². The summed E-state index contributed by atoms with van der Waals surface area (Å²) in [5, 5.41) is 3.15. The van der Waals surface area contributed by atoms with Gasteiger partial charge >= 0.3 is 6.18 Å². The quantitative estimate of drug-likeness (QED) is 0.586. The molecule has 2 aromatic rings. The van der Waals surface area contributed by atoms with Crippen LogP contribution < -0.4 is 14.8 Å². The third-order valence-electron chi connectivity index (χ3n) is 5.71. The molecule has 2 aromatic carbocycles. The highest BCUT2D eigenvalue weighted by molar-refractivity contribution is 7.80. The van der Waals surface area contributed by atoms with E-state index in [1.165, 1.54) is 12.1 Å². The van der Waals surface area contributed by atoms with Gasteiger partial charge in [-0.2, -0.15) is 13.2 Å². The second-order valence-corrected chi connectivity index (χ2v) is 8.77. The summed E-state index contributed by atoms with van der Waals surface area (Å²) in [6.45, 7) is 2.62. The average Bonchev–Trinajstić information content (AvgIpc) is 3.20. The zero-order valence-electron chi connectivity index (χ0n) is 17.4.